The third-order valence-electron chi connectivity index (χ3n) is 3.31. The third kappa shape index (κ3) is 4.41. The molecule has 2 unspecified atom stereocenters. The molecule has 1 saturated heterocycles. The van der Waals surface area contributed by atoms with Crippen LogP contribution in [0.25, 0.3) is 0 Å². The Balaban J connectivity index is 2.27. The Morgan fingerprint density at radius 1 is 1.53 bits per heavy atom. The van der Waals surface area contributed by atoms with Crippen LogP contribution < -0.4 is 0 Å². The van der Waals surface area contributed by atoms with Gasteiger partial charge < -0.3 is 4.90 Å². The van der Waals surface area contributed by atoms with E-state index in [4.69, 9.17) is 0 Å². The Bertz CT molecular complexity index is 175. The minimum absolute atomic E-state index is 0.756. The predicted octanol–water partition coefficient (Wildman–Crippen LogP) is 2.43. The molecule has 2 nitrogen and oxygen atoms in total. The summed E-state index contributed by atoms with van der Waals surface area (Å²) in [6, 6.07) is 0.808. The van der Waals surface area contributed by atoms with Gasteiger partial charge in [0, 0.05) is 24.5 Å². The quantitative estimate of drug-likeness (QED) is 0.688. The molecule has 2 atom stereocenters. The van der Waals surface area contributed by atoms with E-state index in [1.165, 1.54) is 39.0 Å². The van der Waals surface area contributed by atoms with Gasteiger partial charge in [-0.1, -0.05) is 29.8 Å². The lowest BCUT2D eigenvalue weighted by Crippen LogP contribution is -2.40. The lowest BCUT2D eigenvalue weighted by Gasteiger charge is -2.28. The summed E-state index contributed by atoms with van der Waals surface area (Å²) in [5, 5.41) is 1.11. The van der Waals surface area contributed by atoms with E-state index < -0.39 is 0 Å². The van der Waals surface area contributed by atoms with Crippen LogP contribution in [0.4, 0.5) is 0 Å². The number of halogens is 1. The molecule has 0 aliphatic carbocycles. The van der Waals surface area contributed by atoms with Crippen LogP contribution in [-0.4, -0.2) is 54.4 Å². The smallest absolute Gasteiger partial charge is 0.0223 e. The van der Waals surface area contributed by atoms with Crippen molar-refractivity contribution in [3.8, 4) is 0 Å². The van der Waals surface area contributed by atoms with E-state index in [0.29, 0.717) is 0 Å². The van der Waals surface area contributed by atoms with Crippen molar-refractivity contribution in [1.82, 2.24) is 9.80 Å². The molecule has 1 aliphatic rings. The molecule has 0 aromatic rings. The maximum Gasteiger partial charge on any atom is 0.0223 e. The summed E-state index contributed by atoms with van der Waals surface area (Å²) in [6.45, 7) is 9.55. The summed E-state index contributed by atoms with van der Waals surface area (Å²) in [6.07, 6.45) is 2.78. The molecular formula is C12H25BrN2. The summed E-state index contributed by atoms with van der Waals surface area (Å²) in [4.78, 5) is 5.11. The highest BCUT2D eigenvalue weighted by molar-refractivity contribution is 9.09. The van der Waals surface area contributed by atoms with Crippen LogP contribution in [0.15, 0.2) is 0 Å². The van der Waals surface area contributed by atoms with Gasteiger partial charge in [0.2, 0.25) is 0 Å². The summed E-state index contributed by atoms with van der Waals surface area (Å²) >= 11 is 3.54. The molecule has 0 saturated carbocycles. The molecule has 1 aliphatic heterocycles. The molecule has 1 fully saturated rings. The summed E-state index contributed by atoms with van der Waals surface area (Å²) < 4.78 is 0. The highest BCUT2D eigenvalue weighted by atomic mass is 79.9. The number of alkyl halides is 1. The molecule has 15 heavy (non-hydrogen) atoms. The topological polar surface area (TPSA) is 6.48 Å². The molecule has 1 heterocycles. The zero-order valence-corrected chi connectivity index (χ0v) is 12.0. The molecule has 0 aromatic carbocycles. The van der Waals surface area contributed by atoms with Gasteiger partial charge in [0.1, 0.15) is 0 Å². The lowest BCUT2D eigenvalue weighted by molar-refractivity contribution is 0.189. The van der Waals surface area contributed by atoms with Gasteiger partial charge in [0.05, 0.1) is 0 Å². The van der Waals surface area contributed by atoms with Crippen LogP contribution in [0.1, 0.15) is 26.7 Å². The van der Waals surface area contributed by atoms with E-state index >= 15 is 0 Å². The fourth-order valence-electron chi connectivity index (χ4n) is 2.53. The molecule has 0 aromatic heterocycles. The number of likely N-dealkylation sites (N-methyl/N-ethyl adjacent to an activating group) is 2. The average Bonchev–Trinajstić information content (AvgIpc) is 2.64. The first-order valence-corrected chi connectivity index (χ1v) is 7.28. The van der Waals surface area contributed by atoms with Crippen molar-refractivity contribution in [2.24, 2.45) is 5.92 Å². The lowest BCUT2D eigenvalue weighted by atomic mass is 10.1. The molecule has 3 heteroatoms. The summed E-state index contributed by atoms with van der Waals surface area (Å²) in [5.74, 6) is 0.756. The predicted molar refractivity (Wildman–Crippen MR) is 70.7 cm³/mol. The fraction of sp³-hybridized carbons (Fsp3) is 1.00. The van der Waals surface area contributed by atoms with Gasteiger partial charge >= 0.3 is 0 Å². The Hall–Kier alpha value is 0.400. The standard InChI is InChI=1S/C12H25BrN2/c1-4-15-7-5-6-12(15)10-14(3)9-11(2)8-13/h11-12H,4-10H2,1-3H3. The third-order valence-corrected chi connectivity index (χ3v) is 4.42. The van der Waals surface area contributed by atoms with Gasteiger partial charge in [-0.25, -0.2) is 0 Å². The van der Waals surface area contributed by atoms with Crippen LogP contribution in [-0.2, 0) is 0 Å². The average molecular weight is 277 g/mol. The van der Waals surface area contributed by atoms with Crippen molar-refractivity contribution < 1.29 is 0 Å². The first-order valence-electron chi connectivity index (χ1n) is 6.16. The maximum absolute atomic E-state index is 3.54. The number of likely N-dealkylation sites (tertiary alicyclic amines) is 1. The molecule has 0 bridgehead atoms. The zero-order chi connectivity index (χ0) is 11.3. The minimum atomic E-state index is 0.756. The monoisotopic (exact) mass is 276 g/mol. The van der Waals surface area contributed by atoms with Crippen LogP contribution in [0.3, 0.4) is 0 Å². The first-order chi connectivity index (χ1) is 7.17. The van der Waals surface area contributed by atoms with Crippen LogP contribution in [0.2, 0.25) is 0 Å². The number of rotatable bonds is 6. The minimum Gasteiger partial charge on any atom is -0.305 e. The van der Waals surface area contributed by atoms with E-state index in [-0.39, 0.29) is 0 Å². The van der Waals surface area contributed by atoms with Crippen molar-refractivity contribution >= 4 is 15.9 Å². The molecule has 1 rings (SSSR count). The van der Waals surface area contributed by atoms with Gasteiger partial charge in [0.15, 0.2) is 0 Å². The molecule has 90 valence electrons. The van der Waals surface area contributed by atoms with Crippen molar-refractivity contribution in [1.29, 1.82) is 0 Å². The van der Waals surface area contributed by atoms with Gasteiger partial charge in [-0.15, -0.1) is 0 Å². The van der Waals surface area contributed by atoms with Gasteiger partial charge in [-0.3, -0.25) is 4.90 Å². The zero-order valence-electron chi connectivity index (χ0n) is 10.4. The summed E-state index contributed by atoms with van der Waals surface area (Å²) in [7, 11) is 2.26. The Morgan fingerprint density at radius 2 is 2.27 bits per heavy atom. The SMILES string of the molecule is CCN1CCCC1CN(C)CC(C)CBr. The van der Waals surface area contributed by atoms with Crippen molar-refractivity contribution in [3.63, 3.8) is 0 Å². The van der Waals surface area contributed by atoms with Crippen LogP contribution in [0.5, 0.6) is 0 Å². The maximum atomic E-state index is 3.54. The van der Waals surface area contributed by atoms with E-state index in [1.807, 2.05) is 0 Å². The Labute approximate surface area is 103 Å². The first kappa shape index (κ1) is 13.5. The van der Waals surface area contributed by atoms with Crippen LogP contribution in [0, 0.1) is 5.92 Å². The van der Waals surface area contributed by atoms with Crippen molar-refractivity contribution in [2.75, 3.05) is 38.6 Å². The van der Waals surface area contributed by atoms with E-state index in [1.54, 1.807) is 0 Å². The number of hydrogen-bond acceptors (Lipinski definition) is 2. The second kappa shape index (κ2) is 6.87. The number of hydrogen-bond donors (Lipinski definition) is 0. The van der Waals surface area contributed by atoms with Crippen molar-refractivity contribution in [3.05, 3.63) is 0 Å². The van der Waals surface area contributed by atoms with Crippen LogP contribution >= 0.6 is 15.9 Å². The molecular weight excluding hydrogens is 252 g/mol. The largest absolute Gasteiger partial charge is 0.305 e. The normalized spacial score (nSPS) is 25.0. The van der Waals surface area contributed by atoms with Gasteiger partial charge in [-0.2, -0.15) is 0 Å². The second-order valence-corrected chi connectivity index (χ2v) is 5.55. The second-order valence-electron chi connectivity index (χ2n) is 4.91. The van der Waals surface area contributed by atoms with Gasteiger partial charge in [0.25, 0.3) is 0 Å². The Morgan fingerprint density at radius 3 is 2.87 bits per heavy atom. The molecule has 0 N–H and O–H groups in total. The number of nitrogens with zero attached hydrogens (tertiary/aromatic N) is 2. The van der Waals surface area contributed by atoms with E-state index in [2.05, 4.69) is 46.6 Å². The fourth-order valence-corrected chi connectivity index (χ4v) is 2.74. The summed E-state index contributed by atoms with van der Waals surface area (Å²) in [5.41, 5.74) is 0. The highest BCUT2D eigenvalue weighted by Crippen LogP contribution is 2.17. The van der Waals surface area contributed by atoms with Crippen molar-refractivity contribution in [2.45, 2.75) is 32.7 Å². The molecule has 0 amide bonds. The highest BCUT2D eigenvalue weighted by Gasteiger charge is 2.24. The van der Waals surface area contributed by atoms with E-state index in [0.717, 1.165) is 17.3 Å². The molecule has 0 radical (unpaired) electrons. The van der Waals surface area contributed by atoms with Gasteiger partial charge in [-0.05, 0) is 38.9 Å². The Kier molecular flexibility index (Phi) is 6.17. The molecule has 0 spiro atoms. The van der Waals surface area contributed by atoms with E-state index in [9.17, 15) is 0 Å².